The molecule has 0 fully saturated rings. The number of ketones is 1. The van der Waals surface area contributed by atoms with Crippen molar-refractivity contribution in [1.29, 1.82) is 0 Å². The third-order valence-electron chi connectivity index (χ3n) is 7.30. The maximum absolute atomic E-state index is 13.7. The minimum absolute atomic E-state index is 0.0258. The molecule has 1 heterocycles. The number of hydrogen-bond donors (Lipinski definition) is 1. The Labute approximate surface area is 227 Å². The summed E-state index contributed by atoms with van der Waals surface area (Å²) in [4.78, 5) is 32.0. The number of aliphatic imine (C=N–C) groups is 1. The van der Waals surface area contributed by atoms with E-state index in [0.29, 0.717) is 41.1 Å². The molecule has 0 amide bonds. The van der Waals surface area contributed by atoms with Gasteiger partial charge < -0.3 is 19.3 Å². The molecule has 7 heteroatoms. The summed E-state index contributed by atoms with van der Waals surface area (Å²) in [5.74, 6) is -0.424. The van der Waals surface area contributed by atoms with Crippen molar-refractivity contribution in [3.8, 4) is 17.2 Å². The number of carbonyl (C=O) groups excluding carboxylic acids is 2. The molecule has 0 saturated heterocycles. The van der Waals surface area contributed by atoms with Gasteiger partial charge in [0, 0.05) is 29.3 Å². The molecule has 0 radical (unpaired) electrons. The lowest BCUT2D eigenvalue weighted by Gasteiger charge is -2.36. The van der Waals surface area contributed by atoms with Gasteiger partial charge in [-0.2, -0.15) is 0 Å². The maximum atomic E-state index is 13.7. The van der Waals surface area contributed by atoms with Crippen LogP contribution in [0, 0.1) is 5.92 Å². The van der Waals surface area contributed by atoms with Gasteiger partial charge in [0.1, 0.15) is 36.4 Å². The highest BCUT2D eigenvalue weighted by Crippen LogP contribution is 2.47. The molecule has 5 rings (SSSR count). The van der Waals surface area contributed by atoms with Crippen molar-refractivity contribution in [2.24, 2.45) is 10.9 Å². The van der Waals surface area contributed by atoms with Crippen LogP contribution in [0.4, 0.5) is 0 Å². The molecule has 39 heavy (non-hydrogen) atoms. The first-order valence-corrected chi connectivity index (χ1v) is 13.0. The van der Waals surface area contributed by atoms with Crippen molar-refractivity contribution in [2.45, 2.75) is 31.6 Å². The molecule has 2 aliphatic rings. The van der Waals surface area contributed by atoms with Crippen molar-refractivity contribution in [2.75, 3.05) is 20.3 Å². The molecular formula is C32H31NO6. The van der Waals surface area contributed by atoms with Gasteiger partial charge >= 0.3 is 5.97 Å². The number of aromatic hydroxyl groups is 1. The highest BCUT2D eigenvalue weighted by Gasteiger charge is 2.44. The van der Waals surface area contributed by atoms with Gasteiger partial charge in [-0.3, -0.25) is 14.6 Å². The number of nitrogens with zero attached hydrogens (tertiary/aromatic N) is 1. The quantitative estimate of drug-likeness (QED) is 0.304. The first-order valence-electron chi connectivity index (χ1n) is 13.0. The monoisotopic (exact) mass is 525 g/mol. The van der Waals surface area contributed by atoms with E-state index in [4.69, 9.17) is 19.2 Å². The van der Waals surface area contributed by atoms with Crippen molar-refractivity contribution in [1.82, 2.24) is 0 Å². The molecule has 0 spiro atoms. The number of phenolic OH excluding ortho intramolecular Hbond substituents is 1. The Hall–Kier alpha value is -4.39. The standard InChI is InChI=1S/C32H31NO6/c1-20-29(32(36)39-16-15-38-26-9-4-3-5-10-26)30(22-7-6-8-24(34)17-22)31-27(33-20)18-23(19-28(31)35)21-11-13-25(37-2)14-12-21/h3-14,17,23,29-30,34H,15-16,18-19H2,1-2H3. The van der Waals surface area contributed by atoms with E-state index in [9.17, 15) is 14.7 Å². The number of allylic oxidation sites excluding steroid dienone is 2. The van der Waals surface area contributed by atoms with Crippen LogP contribution in [0.5, 0.6) is 17.2 Å². The molecule has 1 aliphatic heterocycles. The number of rotatable bonds is 8. The molecule has 1 aliphatic carbocycles. The molecule has 3 unspecified atom stereocenters. The fraction of sp³-hybridized carbons (Fsp3) is 0.281. The molecule has 200 valence electrons. The van der Waals surface area contributed by atoms with Crippen LogP contribution in [-0.2, 0) is 14.3 Å². The summed E-state index contributed by atoms with van der Waals surface area (Å²) >= 11 is 0. The fourth-order valence-electron chi connectivity index (χ4n) is 5.46. The highest BCUT2D eigenvalue weighted by atomic mass is 16.6. The van der Waals surface area contributed by atoms with Gasteiger partial charge in [-0.25, -0.2) is 0 Å². The van der Waals surface area contributed by atoms with Crippen LogP contribution in [0.25, 0.3) is 0 Å². The second-order valence-electron chi connectivity index (χ2n) is 9.79. The van der Waals surface area contributed by atoms with Gasteiger partial charge in [0.15, 0.2) is 5.78 Å². The smallest absolute Gasteiger partial charge is 0.315 e. The molecule has 3 atom stereocenters. The SMILES string of the molecule is COc1ccc(C2CC(=O)C3=C(C2)N=C(C)C(C(=O)OCCOc2ccccc2)C3c2cccc(O)c2)cc1. The lowest BCUT2D eigenvalue weighted by Crippen LogP contribution is -2.38. The third kappa shape index (κ3) is 5.72. The topological polar surface area (TPSA) is 94.4 Å². The van der Waals surface area contributed by atoms with Crippen molar-refractivity contribution < 1.29 is 28.9 Å². The number of carbonyl (C=O) groups is 2. The minimum atomic E-state index is -0.788. The second-order valence-corrected chi connectivity index (χ2v) is 9.79. The number of benzene rings is 3. The summed E-state index contributed by atoms with van der Waals surface area (Å²) in [6.07, 6.45) is 0.883. The van der Waals surface area contributed by atoms with Gasteiger partial charge in [0.25, 0.3) is 0 Å². The van der Waals surface area contributed by atoms with Crippen molar-refractivity contribution in [3.05, 3.63) is 101 Å². The highest BCUT2D eigenvalue weighted by molar-refractivity contribution is 6.09. The van der Waals surface area contributed by atoms with Gasteiger partial charge in [-0.05, 0) is 66.8 Å². The average Bonchev–Trinajstić information content (AvgIpc) is 2.95. The van der Waals surface area contributed by atoms with Crippen molar-refractivity contribution in [3.63, 3.8) is 0 Å². The molecule has 1 N–H and O–H groups in total. The van der Waals surface area contributed by atoms with E-state index in [2.05, 4.69) is 0 Å². The van der Waals surface area contributed by atoms with E-state index in [1.165, 1.54) is 0 Å². The van der Waals surface area contributed by atoms with Gasteiger partial charge in [0.2, 0.25) is 0 Å². The Morgan fingerprint density at radius 2 is 1.69 bits per heavy atom. The number of methoxy groups -OCH3 is 1. The van der Waals surface area contributed by atoms with E-state index in [-0.39, 0.29) is 30.7 Å². The van der Waals surface area contributed by atoms with Crippen LogP contribution in [0.15, 0.2) is 95.1 Å². The number of Topliss-reactive ketones (excluding diaryl/α,β-unsaturated/α-hetero) is 1. The van der Waals surface area contributed by atoms with E-state index >= 15 is 0 Å². The lowest BCUT2D eigenvalue weighted by atomic mass is 9.69. The van der Waals surface area contributed by atoms with Gasteiger partial charge in [-0.1, -0.05) is 42.5 Å². The summed E-state index contributed by atoms with van der Waals surface area (Å²) in [6.45, 7) is 2.06. The number of phenols is 1. The first-order chi connectivity index (χ1) is 18.9. The normalized spacial score (nSPS) is 20.6. The molecule has 0 bridgehead atoms. The summed E-state index contributed by atoms with van der Waals surface area (Å²) < 4.78 is 16.6. The van der Waals surface area contributed by atoms with Crippen LogP contribution in [0.1, 0.15) is 42.7 Å². The molecular weight excluding hydrogens is 494 g/mol. The van der Waals surface area contributed by atoms with E-state index in [0.717, 1.165) is 11.3 Å². The summed E-state index contributed by atoms with van der Waals surface area (Å²) in [6, 6.07) is 23.8. The predicted molar refractivity (Wildman–Crippen MR) is 147 cm³/mol. The van der Waals surface area contributed by atoms with Crippen molar-refractivity contribution >= 4 is 17.5 Å². The predicted octanol–water partition coefficient (Wildman–Crippen LogP) is 5.60. The van der Waals surface area contributed by atoms with Crippen LogP contribution in [0.3, 0.4) is 0 Å². The Balaban J connectivity index is 1.41. The van der Waals surface area contributed by atoms with E-state index < -0.39 is 17.8 Å². The zero-order chi connectivity index (χ0) is 27.4. The fourth-order valence-corrected chi connectivity index (χ4v) is 5.46. The number of para-hydroxylation sites is 1. The zero-order valence-electron chi connectivity index (χ0n) is 22.0. The molecule has 3 aromatic carbocycles. The largest absolute Gasteiger partial charge is 0.508 e. The lowest BCUT2D eigenvalue weighted by molar-refractivity contribution is -0.147. The second kappa shape index (κ2) is 11.6. The Morgan fingerprint density at radius 1 is 0.923 bits per heavy atom. The zero-order valence-corrected chi connectivity index (χ0v) is 22.0. The van der Waals surface area contributed by atoms with Crippen LogP contribution < -0.4 is 9.47 Å². The first kappa shape index (κ1) is 26.2. The Morgan fingerprint density at radius 3 is 2.41 bits per heavy atom. The van der Waals surface area contributed by atoms with E-state index in [1.807, 2.05) is 60.7 Å². The molecule has 7 nitrogen and oxygen atoms in total. The van der Waals surface area contributed by atoms with Crippen LogP contribution in [-0.4, -0.2) is 42.9 Å². The van der Waals surface area contributed by atoms with Crippen LogP contribution in [0.2, 0.25) is 0 Å². The number of hydrogen-bond acceptors (Lipinski definition) is 7. The molecule has 3 aromatic rings. The number of esters is 1. The summed E-state index contributed by atoms with van der Waals surface area (Å²) in [5.41, 5.74) is 3.51. The molecule has 0 aromatic heterocycles. The molecule has 0 saturated carbocycles. The van der Waals surface area contributed by atoms with E-state index in [1.54, 1.807) is 32.2 Å². The Kier molecular flexibility index (Phi) is 7.77. The minimum Gasteiger partial charge on any atom is -0.508 e. The maximum Gasteiger partial charge on any atom is 0.315 e. The number of ether oxygens (including phenoxy) is 3. The van der Waals surface area contributed by atoms with Gasteiger partial charge in [-0.15, -0.1) is 0 Å². The summed E-state index contributed by atoms with van der Waals surface area (Å²) in [7, 11) is 1.62. The third-order valence-corrected chi connectivity index (χ3v) is 7.30. The van der Waals surface area contributed by atoms with Crippen LogP contribution >= 0.6 is 0 Å². The Bertz CT molecular complexity index is 1410. The average molecular weight is 526 g/mol. The summed E-state index contributed by atoms with van der Waals surface area (Å²) in [5, 5.41) is 10.2. The van der Waals surface area contributed by atoms with Gasteiger partial charge in [0.05, 0.1) is 7.11 Å².